The first-order valence-corrected chi connectivity index (χ1v) is 13.6. The van der Waals surface area contributed by atoms with E-state index < -0.39 is 0 Å². The van der Waals surface area contributed by atoms with Crippen molar-refractivity contribution >= 4 is 51.8 Å². The Kier molecular flexibility index (Phi) is 8.55. The molecule has 3 aromatic rings. The Morgan fingerprint density at radius 2 is 1.82 bits per heavy atom. The molecule has 4 rings (SSSR count). The molecule has 0 radical (unpaired) electrons. The van der Waals surface area contributed by atoms with Gasteiger partial charge in [0, 0.05) is 48.8 Å². The minimum absolute atomic E-state index is 0.0363. The standard InChI is InChI=1S/C30H34ClN5O3/c1-5-9-35(10-6-2)29(38)22-13-24-25(31)14-20(15-26(24)34-27(32)16-22)19-7-8-23-21(12-19)11-18(3)36(30(23)39)17-28(37)33-4/h7-8,11-15H,5-6,9-10,16-17H2,1-4H3,(H2,32,34)(H,33,37). The number of halogens is 1. The van der Waals surface area contributed by atoms with Gasteiger partial charge in [0.25, 0.3) is 5.56 Å². The van der Waals surface area contributed by atoms with Crippen molar-refractivity contribution in [3.8, 4) is 11.1 Å². The van der Waals surface area contributed by atoms with Gasteiger partial charge >= 0.3 is 0 Å². The number of amides is 2. The molecule has 1 aliphatic heterocycles. The molecular weight excluding hydrogens is 514 g/mol. The average Bonchev–Trinajstić information content (AvgIpc) is 3.08. The van der Waals surface area contributed by atoms with Crippen LogP contribution in [0.2, 0.25) is 5.02 Å². The number of rotatable bonds is 8. The number of aliphatic imine (C=N–C) groups is 1. The number of carbonyl (C=O) groups excluding carboxylic acids is 2. The van der Waals surface area contributed by atoms with E-state index in [2.05, 4.69) is 24.2 Å². The molecule has 0 atom stereocenters. The van der Waals surface area contributed by atoms with Crippen molar-refractivity contribution in [2.45, 2.75) is 46.6 Å². The fraction of sp³-hybridized carbons (Fsp3) is 0.333. The van der Waals surface area contributed by atoms with E-state index in [-0.39, 0.29) is 30.3 Å². The average molecular weight is 548 g/mol. The number of nitrogens with zero attached hydrogens (tertiary/aromatic N) is 3. The minimum atomic E-state index is -0.238. The zero-order chi connectivity index (χ0) is 28.3. The normalized spacial score (nSPS) is 12.8. The second-order valence-corrected chi connectivity index (χ2v) is 10.2. The van der Waals surface area contributed by atoms with Crippen LogP contribution < -0.4 is 16.6 Å². The van der Waals surface area contributed by atoms with Crippen LogP contribution in [0.4, 0.5) is 5.69 Å². The number of amidine groups is 1. The molecule has 2 heterocycles. The fourth-order valence-corrected chi connectivity index (χ4v) is 5.17. The van der Waals surface area contributed by atoms with Gasteiger partial charge in [0.15, 0.2) is 0 Å². The van der Waals surface area contributed by atoms with Crippen molar-refractivity contribution in [1.29, 1.82) is 0 Å². The highest BCUT2D eigenvalue weighted by Crippen LogP contribution is 2.38. The zero-order valence-corrected chi connectivity index (χ0v) is 23.6. The number of benzene rings is 2. The van der Waals surface area contributed by atoms with E-state index in [1.807, 2.05) is 41.3 Å². The fourth-order valence-electron chi connectivity index (χ4n) is 4.90. The molecule has 0 unspecified atom stereocenters. The Balaban J connectivity index is 1.76. The van der Waals surface area contributed by atoms with Crippen molar-refractivity contribution in [1.82, 2.24) is 14.8 Å². The number of carbonyl (C=O) groups is 2. The lowest BCUT2D eigenvalue weighted by atomic mass is 9.98. The van der Waals surface area contributed by atoms with E-state index in [1.54, 1.807) is 20.0 Å². The molecule has 0 spiro atoms. The summed E-state index contributed by atoms with van der Waals surface area (Å²) in [5.41, 5.74) is 10.2. The smallest absolute Gasteiger partial charge is 0.259 e. The van der Waals surface area contributed by atoms with Crippen molar-refractivity contribution in [2.24, 2.45) is 10.7 Å². The molecule has 2 aromatic carbocycles. The van der Waals surface area contributed by atoms with Gasteiger partial charge in [-0.2, -0.15) is 0 Å². The highest BCUT2D eigenvalue weighted by Gasteiger charge is 2.22. The van der Waals surface area contributed by atoms with Crippen LogP contribution in [0.3, 0.4) is 0 Å². The molecule has 0 bridgehead atoms. The molecule has 1 aromatic heterocycles. The predicted octanol–water partition coefficient (Wildman–Crippen LogP) is 4.80. The molecule has 39 heavy (non-hydrogen) atoms. The van der Waals surface area contributed by atoms with Crippen LogP contribution in [0.5, 0.6) is 0 Å². The third-order valence-corrected chi connectivity index (χ3v) is 7.15. The van der Waals surface area contributed by atoms with Gasteiger partial charge in [0.05, 0.1) is 10.7 Å². The SMILES string of the molecule is CCCN(CCC)C(=O)C1=Cc2c(Cl)cc(-c3ccc4c(=O)n(CC(=O)NC)c(C)cc4c3)cc2N=C(N)C1. The van der Waals surface area contributed by atoms with Crippen LogP contribution in [-0.2, 0) is 16.1 Å². The Bertz CT molecular complexity index is 1570. The van der Waals surface area contributed by atoms with Crippen LogP contribution in [0.25, 0.3) is 28.0 Å². The van der Waals surface area contributed by atoms with E-state index in [0.29, 0.717) is 51.9 Å². The lowest BCUT2D eigenvalue weighted by molar-refractivity contribution is -0.127. The molecule has 2 amide bonds. The van der Waals surface area contributed by atoms with E-state index in [4.69, 9.17) is 17.3 Å². The summed E-state index contributed by atoms with van der Waals surface area (Å²) in [4.78, 5) is 44.7. The lowest BCUT2D eigenvalue weighted by Crippen LogP contribution is -2.34. The van der Waals surface area contributed by atoms with Crippen molar-refractivity contribution in [3.63, 3.8) is 0 Å². The largest absolute Gasteiger partial charge is 0.387 e. The number of nitrogens with two attached hydrogens (primary N) is 1. The highest BCUT2D eigenvalue weighted by atomic mass is 35.5. The van der Waals surface area contributed by atoms with Crippen molar-refractivity contribution in [2.75, 3.05) is 20.1 Å². The maximum absolute atomic E-state index is 13.3. The maximum Gasteiger partial charge on any atom is 0.259 e. The first kappa shape index (κ1) is 28.1. The second-order valence-electron chi connectivity index (χ2n) is 9.78. The number of aromatic nitrogens is 1. The summed E-state index contributed by atoms with van der Waals surface area (Å²) in [7, 11) is 1.54. The summed E-state index contributed by atoms with van der Waals surface area (Å²) in [6.07, 6.45) is 3.80. The van der Waals surface area contributed by atoms with Gasteiger partial charge in [-0.25, -0.2) is 4.99 Å². The summed E-state index contributed by atoms with van der Waals surface area (Å²) in [5, 5.41) is 4.29. The van der Waals surface area contributed by atoms with Crippen LogP contribution in [0, 0.1) is 6.92 Å². The van der Waals surface area contributed by atoms with E-state index in [0.717, 1.165) is 29.4 Å². The van der Waals surface area contributed by atoms with E-state index in [1.165, 1.54) is 4.57 Å². The molecule has 1 aliphatic rings. The third kappa shape index (κ3) is 5.91. The molecule has 3 N–H and O–H groups in total. The van der Waals surface area contributed by atoms with Gasteiger partial charge in [-0.15, -0.1) is 0 Å². The van der Waals surface area contributed by atoms with Gasteiger partial charge < -0.3 is 20.5 Å². The number of aryl methyl sites for hydroxylation is 1. The number of fused-ring (bicyclic) bond motifs is 2. The molecule has 204 valence electrons. The van der Waals surface area contributed by atoms with Crippen LogP contribution in [-0.4, -0.2) is 47.3 Å². The van der Waals surface area contributed by atoms with E-state index >= 15 is 0 Å². The van der Waals surface area contributed by atoms with Crippen LogP contribution in [0.1, 0.15) is 44.4 Å². The van der Waals surface area contributed by atoms with E-state index in [9.17, 15) is 14.4 Å². The van der Waals surface area contributed by atoms with Gasteiger partial charge in [0.1, 0.15) is 12.4 Å². The number of pyridine rings is 1. The second kappa shape index (κ2) is 11.9. The molecule has 0 saturated heterocycles. The molecule has 0 fully saturated rings. The summed E-state index contributed by atoms with van der Waals surface area (Å²) < 4.78 is 1.46. The van der Waals surface area contributed by atoms with Gasteiger partial charge in [0.2, 0.25) is 11.8 Å². The van der Waals surface area contributed by atoms with Gasteiger partial charge in [-0.3, -0.25) is 14.4 Å². The lowest BCUT2D eigenvalue weighted by Gasteiger charge is -2.22. The summed E-state index contributed by atoms with van der Waals surface area (Å²) in [6, 6.07) is 11.2. The first-order valence-electron chi connectivity index (χ1n) is 13.2. The Morgan fingerprint density at radius 1 is 1.10 bits per heavy atom. The number of nitrogens with one attached hydrogen (secondary N) is 1. The number of likely N-dealkylation sites (N-methyl/N-ethyl adjacent to an activating group) is 1. The summed E-state index contributed by atoms with van der Waals surface area (Å²) in [6.45, 7) is 7.23. The molecular formula is C30H34ClN5O3. The molecule has 8 nitrogen and oxygen atoms in total. The summed E-state index contributed by atoms with van der Waals surface area (Å²) >= 11 is 6.77. The number of hydrogen-bond acceptors (Lipinski definition) is 5. The molecule has 0 aliphatic carbocycles. The summed E-state index contributed by atoms with van der Waals surface area (Å²) in [5.74, 6) is 0.0649. The third-order valence-electron chi connectivity index (χ3n) is 6.84. The minimum Gasteiger partial charge on any atom is -0.387 e. The first-order chi connectivity index (χ1) is 18.7. The predicted molar refractivity (Wildman–Crippen MR) is 158 cm³/mol. The zero-order valence-electron chi connectivity index (χ0n) is 22.8. The highest BCUT2D eigenvalue weighted by molar-refractivity contribution is 6.33. The Labute approximate surface area is 233 Å². The van der Waals surface area contributed by atoms with Crippen LogP contribution >= 0.6 is 11.6 Å². The molecule has 0 saturated carbocycles. The molecule has 9 heteroatoms. The Hall–Kier alpha value is -3.91. The van der Waals surface area contributed by atoms with Crippen molar-refractivity contribution < 1.29 is 9.59 Å². The topological polar surface area (TPSA) is 110 Å². The maximum atomic E-state index is 13.3. The Morgan fingerprint density at radius 3 is 2.49 bits per heavy atom. The van der Waals surface area contributed by atoms with Gasteiger partial charge in [-0.05, 0) is 72.7 Å². The quantitative estimate of drug-likeness (QED) is 0.422. The number of hydrogen-bond donors (Lipinski definition) is 2. The van der Waals surface area contributed by atoms with Crippen molar-refractivity contribution in [3.05, 3.63) is 68.6 Å². The monoisotopic (exact) mass is 547 g/mol. The van der Waals surface area contributed by atoms with Gasteiger partial charge in [-0.1, -0.05) is 31.5 Å². The van der Waals surface area contributed by atoms with Crippen LogP contribution in [0.15, 0.2) is 51.8 Å².